The third-order valence-electron chi connectivity index (χ3n) is 3.24. The summed E-state index contributed by atoms with van der Waals surface area (Å²) in [6, 6.07) is 2.29. The normalized spacial score (nSPS) is 19.2. The van der Waals surface area contributed by atoms with E-state index in [1.54, 1.807) is 12.4 Å². The molecule has 1 aliphatic heterocycles. The molecule has 1 aliphatic rings. The average Bonchev–Trinajstić information content (AvgIpc) is 2.89. The Hall–Kier alpha value is -2.04. The molecule has 0 N–H and O–H groups in total. The van der Waals surface area contributed by atoms with Crippen LogP contribution in [0.25, 0.3) is 0 Å². The Morgan fingerprint density at radius 3 is 2.94 bits per heavy atom. The molecule has 3 heterocycles. The minimum absolute atomic E-state index is 0.295. The first-order chi connectivity index (χ1) is 8.84. The number of anilines is 1. The summed E-state index contributed by atoms with van der Waals surface area (Å²) in [6.45, 7) is 2.93. The summed E-state index contributed by atoms with van der Waals surface area (Å²) < 4.78 is 0. The van der Waals surface area contributed by atoms with Crippen LogP contribution in [-0.2, 0) is 0 Å². The van der Waals surface area contributed by atoms with Crippen molar-refractivity contribution in [1.82, 2.24) is 19.9 Å². The lowest BCUT2D eigenvalue weighted by atomic mass is 10.1. The second-order valence-electron chi connectivity index (χ2n) is 4.44. The van der Waals surface area contributed by atoms with Gasteiger partial charge in [-0.1, -0.05) is 0 Å². The van der Waals surface area contributed by atoms with E-state index in [1.165, 1.54) is 0 Å². The molecule has 0 spiro atoms. The first-order valence-electron chi connectivity index (χ1n) is 6.17. The van der Waals surface area contributed by atoms with Gasteiger partial charge in [-0.3, -0.25) is 4.98 Å². The largest absolute Gasteiger partial charge is 0.347 e. The van der Waals surface area contributed by atoms with Crippen molar-refractivity contribution in [2.45, 2.75) is 25.8 Å². The van der Waals surface area contributed by atoms with Gasteiger partial charge in [0.05, 0.1) is 17.9 Å². The standard InChI is InChI=1S/C13H15N5/c1-10-15-5-4-11(17-10)12-3-2-8-18(12)13-9-14-6-7-16-13/h4-7,9,12H,2-3,8H2,1H3. The summed E-state index contributed by atoms with van der Waals surface area (Å²) in [4.78, 5) is 19.5. The van der Waals surface area contributed by atoms with Gasteiger partial charge in [0.15, 0.2) is 0 Å². The van der Waals surface area contributed by atoms with E-state index < -0.39 is 0 Å². The Labute approximate surface area is 106 Å². The van der Waals surface area contributed by atoms with Crippen molar-refractivity contribution < 1.29 is 0 Å². The number of hydrogen-bond acceptors (Lipinski definition) is 5. The monoisotopic (exact) mass is 241 g/mol. The molecule has 18 heavy (non-hydrogen) atoms. The summed E-state index contributed by atoms with van der Waals surface area (Å²) in [5.41, 5.74) is 1.07. The topological polar surface area (TPSA) is 54.8 Å². The number of aromatic nitrogens is 4. The summed E-state index contributed by atoms with van der Waals surface area (Å²) in [6.07, 6.45) is 9.33. The van der Waals surface area contributed by atoms with E-state index in [1.807, 2.05) is 25.4 Å². The van der Waals surface area contributed by atoms with Gasteiger partial charge in [-0.15, -0.1) is 0 Å². The van der Waals surface area contributed by atoms with Crippen LogP contribution in [0.3, 0.4) is 0 Å². The highest BCUT2D eigenvalue weighted by Gasteiger charge is 2.28. The van der Waals surface area contributed by atoms with Crippen molar-refractivity contribution in [2.75, 3.05) is 11.4 Å². The Kier molecular flexibility index (Phi) is 2.88. The van der Waals surface area contributed by atoms with E-state index in [-0.39, 0.29) is 0 Å². The Morgan fingerprint density at radius 2 is 2.17 bits per heavy atom. The molecule has 0 aliphatic carbocycles. The zero-order chi connectivity index (χ0) is 12.4. The highest BCUT2D eigenvalue weighted by molar-refractivity contribution is 5.40. The molecule has 2 aromatic rings. The Bertz CT molecular complexity index is 528. The Balaban J connectivity index is 1.92. The molecule has 1 atom stereocenters. The lowest BCUT2D eigenvalue weighted by Crippen LogP contribution is -2.24. The molecule has 0 amide bonds. The van der Waals surface area contributed by atoms with Crippen LogP contribution in [0.4, 0.5) is 5.82 Å². The molecule has 0 bridgehead atoms. The highest BCUT2D eigenvalue weighted by atomic mass is 15.2. The maximum absolute atomic E-state index is 4.53. The fraction of sp³-hybridized carbons (Fsp3) is 0.385. The third-order valence-corrected chi connectivity index (χ3v) is 3.24. The SMILES string of the molecule is Cc1nccc(C2CCCN2c2cnccn2)n1. The molecule has 0 radical (unpaired) electrons. The van der Waals surface area contributed by atoms with E-state index in [2.05, 4.69) is 24.8 Å². The molecule has 0 saturated carbocycles. The van der Waals surface area contributed by atoms with Crippen LogP contribution in [0.15, 0.2) is 30.9 Å². The average molecular weight is 241 g/mol. The van der Waals surface area contributed by atoms with Gasteiger partial charge in [-0.05, 0) is 25.8 Å². The molecule has 0 aromatic carbocycles. The summed E-state index contributed by atoms with van der Waals surface area (Å²) in [7, 11) is 0. The van der Waals surface area contributed by atoms with E-state index in [4.69, 9.17) is 0 Å². The Morgan fingerprint density at radius 1 is 1.22 bits per heavy atom. The number of rotatable bonds is 2. The number of hydrogen-bond donors (Lipinski definition) is 0. The van der Waals surface area contributed by atoms with Crippen molar-refractivity contribution in [1.29, 1.82) is 0 Å². The minimum atomic E-state index is 0.295. The van der Waals surface area contributed by atoms with Crippen LogP contribution < -0.4 is 4.90 Å². The van der Waals surface area contributed by atoms with Crippen LogP contribution >= 0.6 is 0 Å². The van der Waals surface area contributed by atoms with Crippen LogP contribution in [0.5, 0.6) is 0 Å². The molecule has 1 saturated heterocycles. The maximum atomic E-state index is 4.53. The van der Waals surface area contributed by atoms with Crippen LogP contribution in [0.2, 0.25) is 0 Å². The molecule has 2 aromatic heterocycles. The molecular formula is C13H15N5. The molecule has 1 fully saturated rings. The fourth-order valence-electron chi connectivity index (χ4n) is 2.45. The third kappa shape index (κ3) is 2.03. The zero-order valence-corrected chi connectivity index (χ0v) is 10.3. The fourth-order valence-corrected chi connectivity index (χ4v) is 2.45. The van der Waals surface area contributed by atoms with Gasteiger partial charge < -0.3 is 4.90 Å². The first kappa shape index (κ1) is 11.1. The summed E-state index contributed by atoms with van der Waals surface area (Å²) >= 11 is 0. The van der Waals surface area contributed by atoms with Gasteiger partial charge in [0.25, 0.3) is 0 Å². The molecule has 5 heteroatoms. The molecule has 1 unspecified atom stereocenters. The van der Waals surface area contributed by atoms with Crippen molar-refractivity contribution in [3.63, 3.8) is 0 Å². The number of nitrogens with zero attached hydrogens (tertiary/aromatic N) is 5. The molecule has 5 nitrogen and oxygen atoms in total. The predicted molar refractivity (Wildman–Crippen MR) is 68.1 cm³/mol. The van der Waals surface area contributed by atoms with Crippen LogP contribution in [0.1, 0.15) is 30.4 Å². The summed E-state index contributed by atoms with van der Waals surface area (Å²) in [5.74, 6) is 1.75. The van der Waals surface area contributed by atoms with Crippen molar-refractivity contribution in [3.05, 3.63) is 42.4 Å². The van der Waals surface area contributed by atoms with Crippen LogP contribution in [0, 0.1) is 6.92 Å². The van der Waals surface area contributed by atoms with Gasteiger partial charge in [0.1, 0.15) is 11.6 Å². The second kappa shape index (κ2) is 4.68. The first-order valence-corrected chi connectivity index (χ1v) is 6.17. The quantitative estimate of drug-likeness (QED) is 0.804. The van der Waals surface area contributed by atoms with Crippen molar-refractivity contribution in [2.24, 2.45) is 0 Å². The highest BCUT2D eigenvalue weighted by Crippen LogP contribution is 2.33. The van der Waals surface area contributed by atoms with Crippen molar-refractivity contribution in [3.8, 4) is 0 Å². The molecular weight excluding hydrogens is 226 g/mol. The lowest BCUT2D eigenvalue weighted by Gasteiger charge is -2.24. The lowest BCUT2D eigenvalue weighted by molar-refractivity contribution is 0.679. The molecule has 92 valence electrons. The van der Waals surface area contributed by atoms with Crippen molar-refractivity contribution >= 4 is 5.82 Å². The summed E-state index contributed by atoms with van der Waals surface area (Å²) in [5, 5.41) is 0. The van der Waals surface area contributed by atoms with Gasteiger partial charge >= 0.3 is 0 Å². The molecule has 3 rings (SSSR count). The van der Waals surface area contributed by atoms with E-state index in [9.17, 15) is 0 Å². The zero-order valence-electron chi connectivity index (χ0n) is 10.3. The van der Waals surface area contributed by atoms with E-state index in [0.29, 0.717) is 6.04 Å². The van der Waals surface area contributed by atoms with Crippen LogP contribution in [-0.4, -0.2) is 26.5 Å². The van der Waals surface area contributed by atoms with E-state index >= 15 is 0 Å². The van der Waals surface area contributed by atoms with E-state index in [0.717, 1.165) is 36.7 Å². The van der Waals surface area contributed by atoms with Gasteiger partial charge in [-0.25, -0.2) is 15.0 Å². The second-order valence-corrected chi connectivity index (χ2v) is 4.44. The maximum Gasteiger partial charge on any atom is 0.147 e. The minimum Gasteiger partial charge on any atom is -0.347 e. The van der Waals surface area contributed by atoms with Gasteiger partial charge in [-0.2, -0.15) is 0 Å². The predicted octanol–water partition coefficient (Wildman–Crippen LogP) is 1.92. The number of aryl methyl sites for hydroxylation is 1. The van der Waals surface area contributed by atoms with Gasteiger partial charge in [0.2, 0.25) is 0 Å². The van der Waals surface area contributed by atoms with Gasteiger partial charge in [0, 0.05) is 25.1 Å². The smallest absolute Gasteiger partial charge is 0.147 e.